The molecule has 0 bridgehead atoms. The van der Waals surface area contributed by atoms with Crippen LogP contribution < -0.4 is 9.46 Å². The largest absolute Gasteiger partial charge is 0.492 e. The molecule has 23 heavy (non-hydrogen) atoms. The Morgan fingerprint density at radius 2 is 1.70 bits per heavy atom. The Morgan fingerprint density at radius 3 is 2.26 bits per heavy atom. The number of nitro groups is 1. The second kappa shape index (κ2) is 7.21. The van der Waals surface area contributed by atoms with Crippen LogP contribution >= 0.6 is 0 Å². The zero-order valence-electron chi connectivity index (χ0n) is 12.4. The van der Waals surface area contributed by atoms with Gasteiger partial charge >= 0.3 is 0 Å². The number of aryl methyl sites for hydroxylation is 1. The summed E-state index contributed by atoms with van der Waals surface area (Å²) < 4.78 is 31.9. The van der Waals surface area contributed by atoms with Crippen molar-refractivity contribution in [1.29, 1.82) is 0 Å². The SMILES string of the molecule is Cc1ccc(OCCNS(=O)(=O)c2ccc([N+](=O)[O-])cc2)cc1. The van der Waals surface area contributed by atoms with E-state index in [1.54, 1.807) is 12.1 Å². The molecule has 0 aromatic heterocycles. The van der Waals surface area contributed by atoms with E-state index in [4.69, 9.17) is 4.74 Å². The molecular formula is C15H16N2O5S. The lowest BCUT2D eigenvalue weighted by molar-refractivity contribution is -0.384. The number of benzene rings is 2. The Hall–Kier alpha value is -2.45. The van der Waals surface area contributed by atoms with Gasteiger partial charge in [0.1, 0.15) is 12.4 Å². The molecule has 122 valence electrons. The van der Waals surface area contributed by atoms with Crippen LogP contribution in [0.25, 0.3) is 0 Å². The van der Waals surface area contributed by atoms with Gasteiger partial charge < -0.3 is 4.74 Å². The molecule has 0 fully saturated rings. The third kappa shape index (κ3) is 4.76. The van der Waals surface area contributed by atoms with E-state index in [-0.39, 0.29) is 23.7 Å². The quantitative estimate of drug-likeness (QED) is 0.475. The smallest absolute Gasteiger partial charge is 0.269 e. The number of non-ortho nitro benzene ring substituents is 1. The third-order valence-electron chi connectivity index (χ3n) is 3.04. The maximum absolute atomic E-state index is 12.0. The van der Waals surface area contributed by atoms with Gasteiger partial charge in [-0.05, 0) is 31.2 Å². The molecule has 0 saturated heterocycles. The fourth-order valence-electron chi connectivity index (χ4n) is 1.81. The van der Waals surface area contributed by atoms with Crippen molar-refractivity contribution in [3.8, 4) is 5.75 Å². The summed E-state index contributed by atoms with van der Waals surface area (Å²) in [5.41, 5.74) is 0.947. The van der Waals surface area contributed by atoms with Gasteiger partial charge in [-0.25, -0.2) is 13.1 Å². The topological polar surface area (TPSA) is 98.5 Å². The first kappa shape index (κ1) is 16.9. The van der Waals surface area contributed by atoms with Crippen LogP contribution in [0.2, 0.25) is 0 Å². The average molecular weight is 336 g/mol. The molecule has 8 heteroatoms. The van der Waals surface area contributed by atoms with Crippen molar-refractivity contribution in [3.05, 3.63) is 64.2 Å². The second-order valence-electron chi connectivity index (χ2n) is 4.81. The normalized spacial score (nSPS) is 11.2. The van der Waals surface area contributed by atoms with Crippen LogP contribution in [-0.2, 0) is 10.0 Å². The Bertz CT molecular complexity index is 771. The summed E-state index contributed by atoms with van der Waals surface area (Å²) in [6.45, 7) is 2.23. The zero-order valence-corrected chi connectivity index (χ0v) is 13.2. The molecule has 1 N–H and O–H groups in total. The van der Waals surface area contributed by atoms with Gasteiger partial charge in [0.15, 0.2) is 0 Å². The van der Waals surface area contributed by atoms with Crippen LogP contribution in [0.1, 0.15) is 5.56 Å². The minimum atomic E-state index is -3.72. The highest BCUT2D eigenvalue weighted by Crippen LogP contribution is 2.15. The lowest BCUT2D eigenvalue weighted by Gasteiger charge is -2.08. The Morgan fingerprint density at radius 1 is 1.09 bits per heavy atom. The summed E-state index contributed by atoms with van der Waals surface area (Å²) in [4.78, 5) is 9.94. The lowest BCUT2D eigenvalue weighted by Crippen LogP contribution is -2.28. The number of hydrogen-bond donors (Lipinski definition) is 1. The van der Waals surface area contributed by atoms with Gasteiger partial charge in [-0.15, -0.1) is 0 Å². The van der Waals surface area contributed by atoms with E-state index in [0.29, 0.717) is 5.75 Å². The van der Waals surface area contributed by atoms with E-state index >= 15 is 0 Å². The van der Waals surface area contributed by atoms with Gasteiger partial charge in [0.25, 0.3) is 5.69 Å². The Kier molecular flexibility index (Phi) is 5.30. The van der Waals surface area contributed by atoms with Crippen LogP contribution in [-0.4, -0.2) is 26.5 Å². The van der Waals surface area contributed by atoms with Crippen LogP contribution in [0, 0.1) is 17.0 Å². The molecule has 0 aliphatic heterocycles. The molecule has 2 aromatic rings. The zero-order chi connectivity index (χ0) is 16.9. The van der Waals surface area contributed by atoms with Gasteiger partial charge in [-0.2, -0.15) is 0 Å². The van der Waals surface area contributed by atoms with E-state index in [1.807, 2.05) is 19.1 Å². The standard InChI is InChI=1S/C15H16N2O5S/c1-12-2-6-14(7-3-12)22-11-10-16-23(20,21)15-8-4-13(5-9-15)17(18)19/h2-9,16H,10-11H2,1H3. The molecule has 7 nitrogen and oxygen atoms in total. The Balaban J connectivity index is 1.88. The van der Waals surface area contributed by atoms with Gasteiger partial charge in [0.2, 0.25) is 10.0 Å². The number of rotatable bonds is 7. The van der Waals surface area contributed by atoms with Gasteiger partial charge in [-0.3, -0.25) is 10.1 Å². The third-order valence-corrected chi connectivity index (χ3v) is 4.52. The van der Waals surface area contributed by atoms with Crippen molar-refractivity contribution in [2.45, 2.75) is 11.8 Å². The van der Waals surface area contributed by atoms with Crippen molar-refractivity contribution in [1.82, 2.24) is 4.72 Å². The monoisotopic (exact) mass is 336 g/mol. The second-order valence-corrected chi connectivity index (χ2v) is 6.58. The van der Waals surface area contributed by atoms with Crippen molar-refractivity contribution in [3.63, 3.8) is 0 Å². The maximum atomic E-state index is 12.0. The van der Waals surface area contributed by atoms with Crippen LogP contribution in [0.5, 0.6) is 5.75 Å². The highest BCUT2D eigenvalue weighted by Gasteiger charge is 2.15. The highest BCUT2D eigenvalue weighted by atomic mass is 32.2. The molecule has 0 radical (unpaired) electrons. The Labute approximate surface area is 134 Å². The predicted molar refractivity (Wildman–Crippen MR) is 85.0 cm³/mol. The molecule has 0 aliphatic rings. The minimum Gasteiger partial charge on any atom is -0.492 e. The van der Waals surface area contributed by atoms with E-state index in [0.717, 1.165) is 17.7 Å². The number of nitro benzene ring substituents is 1. The van der Waals surface area contributed by atoms with Gasteiger partial charge in [0.05, 0.1) is 9.82 Å². The van der Waals surface area contributed by atoms with Crippen LogP contribution in [0.4, 0.5) is 5.69 Å². The number of nitrogens with one attached hydrogen (secondary N) is 1. The maximum Gasteiger partial charge on any atom is 0.269 e. The number of nitrogens with zero attached hydrogens (tertiary/aromatic N) is 1. The first-order chi connectivity index (χ1) is 10.9. The summed E-state index contributed by atoms with van der Waals surface area (Å²) in [5, 5.41) is 10.6. The number of ether oxygens (including phenoxy) is 1. The van der Waals surface area contributed by atoms with E-state index < -0.39 is 14.9 Å². The molecule has 0 spiro atoms. The van der Waals surface area contributed by atoms with E-state index in [9.17, 15) is 18.5 Å². The minimum absolute atomic E-state index is 0.0292. The lowest BCUT2D eigenvalue weighted by atomic mass is 10.2. The van der Waals surface area contributed by atoms with Crippen molar-refractivity contribution >= 4 is 15.7 Å². The first-order valence-electron chi connectivity index (χ1n) is 6.82. The summed E-state index contributed by atoms with van der Waals surface area (Å²) in [6.07, 6.45) is 0. The van der Waals surface area contributed by atoms with Crippen LogP contribution in [0.3, 0.4) is 0 Å². The summed E-state index contributed by atoms with van der Waals surface area (Å²) in [6, 6.07) is 12.1. The molecule has 0 heterocycles. The number of sulfonamides is 1. The van der Waals surface area contributed by atoms with Crippen molar-refractivity contribution in [2.24, 2.45) is 0 Å². The van der Waals surface area contributed by atoms with Crippen LogP contribution in [0.15, 0.2) is 53.4 Å². The average Bonchev–Trinajstić information content (AvgIpc) is 2.53. The molecule has 0 saturated carbocycles. The molecule has 2 aromatic carbocycles. The summed E-state index contributed by atoms with van der Waals surface area (Å²) in [7, 11) is -3.72. The predicted octanol–water partition coefficient (Wildman–Crippen LogP) is 2.26. The molecule has 0 unspecified atom stereocenters. The summed E-state index contributed by atoms with van der Waals surface area (Å²) >= 11 is 0. The fraction of sp³-hybridized carbons (Fsp3) is 0.200. The molecule has 0 amide bonds. The van der Waals surface area contributed by atoms with E-state index in [1.165, 1.54) is 12.1 Å². The first-order valence-corrected chi connectivity index (χ1v) is 8.30. The highest BCUT2D eigenvalue weighted by molar-refractivity contribution is 7.89. The van der Waals surface area contributed by atoms with Crippen molar-refractivity contribution in [2.75, 3.05) is 13.2 Å². The van der Waals surface area contributed by atoms with E-state index in [2.05, 4.69) is 4.72 Å². The summed E-state index contributed by atoms with van der Waals surface area (Å²) in [5.74, 6) is 0.658. The molecule has 2 rings (SSSR count). The number of hydrogen-bond acceptors (Lipinski definition) is 5. The van der Waals surface area contributed by atoms with Gasteiger partial charge in [0, 0.05) is 18.7 Å². The molecule has 0 atom stereocenters. The molecule has 0 aliphatic carbocycles. The fourth-order valence-corrected chi connectivity index (χ4v) is 2.82. The van der Waals surface area contributed by atoms with Crippen molar-refractivity contribution < 1.29 is 18.1 Å². The molecular weight excluding hydrogens is 320 g/mol. The van der Waals surface area contributed by atoms with Gasteiger partial charge in [-0.1, -0.05) is 17.7 Å².